The van der Waals surface area contributed by atoms with Crippen LogP contribution < -0.4 is 23.0 Å². The molecular weight excluding hydrogens is 195 g/mol. The molecule has 1 aromatic carbocycles. The predicted octanol–water partition coefficient (Wildman–Crippen LogP) is -1.08. The van der Waals surface area contributed by atoms with Gasteiger partial charge in [-0.25, -0.2) is 0 Å². The van der Waals surface area contributed by atoms with E-state index in [0.717, 1.165) is 0 Å². The maximum absolute atomic E-state index is 11.2. The Bertz CT molecular complexity index is 353. The standard InChI is InChI=1S/C9H12O3S.Li.H/c1-2-8-13(10,11)12-9-6-4-3-5-7-9;;/h3-7H,2,8H2,1H3;;/q;+1;-1. The summed E-state index contributed by atoms with van der Waals surface area (Å²) in [6.07, 6.45) is 0.565. The van der Waals surface area contributed by atoms with Crippen LogP contribution in [-0.4, -0.2) is 14.2 Å². The van der Waals surface area contributed by atoms with Crippen LogP contribution in [0.3, 0.4) is 0 Å². The van der Waals surface area contributed by atoms with Crippen LogP contribution in [0, 0.1) is 0 Å². The normalized spacial score (nSPS) is 10.4. The van der Waals surface area contributed by atoms with Crippen LogP contribution in [0.2, 0.25) is 0 Å². The Morgan fingerprint density at radius 3 is 2.36 bits per heavy atom. The SMILES string of the molecule is CCCS(=O)(=O)Oc1ccccc1.[H-].[Li+]. The number of benzene rings is 1. The maximum Gasteiger partial charge on any atom is 1.00 e. The summed E-state index contributed by atoms with van der Waals surface area (Å²) in [5.41, 5.74) is 0. The van der Waals surface area contributed by atoms with Gasteiger partial charge in [-0.15, -0.1) is 0 Å². The van der Waals surface area contributed by atoms with Gasteiger partial charge in [0, 0.05) is 0 Å². The van der Waals surface area contributed by atoms with E-state index in [-0.39, 0.29) is 26.0 Å². The van der Waals surface area contributed by atoms with Gasteiger partial charge in [0.05, 0.1) is 5.75 Å². The molecule has 1 aromatic rings. The Morgan fingerprint density at radius 2 is 1.86 bits per heavy atom. The molecule has 0 heterocycles. The Kier molecular flexibility index (Phi) is 5.94. The molecular formula is C9H13LiO3S. The first-order valence-electron chi connectivity index (χ1n) is 4.11. The van der Waals surface area contributed by atoms with Crippen LogP contribution in [0.25, 0.3) is 0 Å². The van der Waals surface area contributed by atoms with Gasteiger partial charge in [0.1, 0.15) is 5.75 Å². The number of rotatable bonds is 4. The average molecular weight is 208 g/mol. The number of para-hydroxylation sites is 1. The minimum atomic E-state index is -3.38. The monoisotopic (exact) mass is 208 g/mol. The molecule has 0 spiro atoms. The van der Waals surface area contributed by atoms with E-state index in [1.54, 1.807) is 37.3 Å². The summed E-state index contributed by atoms with van der Waals surface area (Å²) >= 11 is 0. The minimum absolute atomic E-state index is 0. The first kappa shape index (κ1) is 13.6. The average Bonchev–Trinajstić information content (AvgIpc) is 2.04. The van der Waals surface area contributed by atoms with Gasteiger partial charge in [-0.2, -0.15) is 8.42 Å². The molecule has 5 heteroatoms. The largest absolute Gasteiger partial charge is 1.00 e. The quantitative estimate of drug-likeness (QED) is 0.467. The molecule has 3 nitrogen and oxygen atoms in total. The fourth-order valence-corrected chi connectivity index (χ4v) is 1.90. The molecule has 0 aliphatic rings. The molecule has 0 atom stereocenters. The topological polar surface area (TPSA) is 43.4 Å². The molecule has 0 saturated carbocycles. The van der Waals surface area contributed by atoms with Crippen molar-refractivity contribution < 1.29 is 32.9 Å². The number of hydrogen-bond acceptors (Lipinski definition) is 3. The van der Waals surface area contributed by atoms with Crippen LogP contribution in [-0.2, 0) is 10.1 Å². The van der Waals surface area contributed by atoms with Crippen LogP contribution in [0.1, 0.15) is 14.8 Å². The summed E-state index contributed by atoms with van der Waals surface area (Å²) in [5, 5.41) is 0. The zero-order valence-corrected chi connectivity index (χ0v) is 9.25. The van der Waals surface area contributed by atoms with Gasteiger partial charge in [0.2, 0.25) is 0 Å². The third-order valence-electron chi connectivity index (χ3n) is 1.42. The van der Waals surface area contributed by atoms with Gasteiger partial charge >= 0.3 is 29.0 Å². The second-order valence-corrected chi connectivity index (χ2v) is 4.35. The van der Waals surface area contributed by atoms with Crippen LogP contribution in [0.5, 0.6) is 5.75 Å². The molecule has 0 saturated heterocycles. The summed E-state index contributed by atoms with van der Waals surface area (Å²) in [5.74, 6) is 0.429. The molecule has 0 aliphatic carbocycles. The number of hydrogen-bond donors (Lipinski definition) is 0. The second-order valence-electron chi connectivity index (χ2n) is 2.66. The molecule has 0 fully saturated rings. The van der Waals surface area contributed by atoms with E-state index in [4.69, 9.17) is 4.18 Å². The van der Waals surface area contributed by atoms with E-state index in [9.17, 15) is 8.42 Å². The Hall–Kier alpha value is -0.433. The molecule has 74 valence electrons. The van der Waals surface area contributed by atoms with E-state index in [0.29, 0.717) is 12.2 Å². The van der Waals surface area contributed by atoms with Crippen molar-refractivity contribution in [3.63, 3.8) is 0 Å². The molecule has 0 aliphatic heterocycles. The van der Waals surface area contributed by atoms with Gasteiger partial charge in [0.15, 0.2) is 0 Å². The minimum Gasteiger partial charge on any atom is -1.00 e. The molecule has 0 bridgehead atoms. The van der Waals surface area contributed by atoms with Crippen molar-refractivity contribution in [1.29, 1.82) is 0 Å². The van der Waals surface area contributed by atoms with Gasteiger partial charge < -0.3 is 5.61 Å². The molecule has 14 heavy (non-hydrogen) atoms. The fraction of sp³-hybridized carbons (Fsp3) is 0.333. The van der Waals surface area contributed by atoms with Crippen molar-refractivity contribution in [3.8, 4) is 5.75 Å². The third-order valence-corrected chi connectivity index (χ3v) is 2.78. The smallest absolute Gasteiger partial charge is 1.00 e. The Labute approximate surface area is 98.3 Å². The molecule has 0 unspecified atom stereocenters. The van der Waals surface area contributed by atoms with E-state index in [1.807, 2.05) is 0 Å². The van der Waals surface area contributed by atoms with Gasteiger partial charge in [-0.05, 0) is 18.6 Å². The van der Waals surface area contributed by atoms with E-state index in [2.05, 4.69) is 0 Å². The van der Waals surface area contributed by atoms with Gasteiger partial charge in [-0.3, -0.25) is 0 Å². The molecule has 0 radical (unpaired) electrons. The van der Waals surface area contributed by atoms with Gasteiger partial charge in [-0.1, -0.05) is 25.1 Å². The van der Waals surface area contributed by atoms with Crippen molar-refractivity contribution in [3.05, 3.63) is 30.3 Å². The van der Waals surface area contributed by atoms with Crippen molar-refractivity contribution in [2.45, 2.75) is 13.3 Å². The zero-order valence-electron chi connectivity index (χ0n) is 9.43. The second kappa shape index (κ2) is 6.13. The van der Waals surface area contributed by atoms with Crippen molar-refractivity contribution in [2.75, 3.05) is 5.75 Å². The maximum atomic E-state index is 11.2. The van der Waals surface area contributed by atoms with Crippen LogP contribution >= 0.6 is 0 Å². The Morgan fingerprint density at radius 1 is 1.29 bits per heavy atom. The van der Waals surface area contributed by atoms with Crippen LogP contribution in [0.15, 0.2) is 30.3 Å². The van der Waals surface area contributed by atoms with E-state index >= 15 is 0 Å². The summed E-state index contributed by atoms with van der Waals surface area (Å²) < 4.78 is 27.2. The van der Waals surface area contributed by atoms with Crippen molar-refractivity contribution in [1.82, 2.24) is 0 Å². The molecule has 1 rings (SSSR count). The first-order chi connectivity index (χ1) is 6.14. The Balaban J connectivity index is 0. The third kappa shape index (κ3) is 4.71. The molecule has 0 aromatic heterocycles. The summed E-state index contributed by atoms with van der Waals surface area (Å²) in [7, 11) is -3.38. The van der Waals surface area contributed by atoms with Gasteiger partial charge in [0.25, 0.3) is 0 Å². The van der Waals surface area contributed by atoms with E-state index in [1.165, 1.54) is 0 Å². The summed E-state index contributed by atoms with van der Waals surface area (Å²) in [6.45, 7) is 1.80. The summed E-state index contributed by atoms with van der Waals surface area (Å²) in [6, 6.07) is 8.51. The first-order valence-corrected chi connectivity index (χ1v) is 5.69. The van der Waals surface area contributed by atoms with Crippen LogP contribution in [0.4, 0.5) is 0 Å². The van der Waals surface area contributed by atoms with Crippen molar-refractivity contribution in [2.24, 2.45) is 0 Å². The zero-order chi connectivity index (χ0) is 9.73. The van der Waals surface area contributed by atoms with Crippen molar-refractivity contribution >= 4 is 10.1 Å². The molecule has 0 N–H and O–H groups in total. The molecule has 0 amide bonds. The predicted molar refractivity (Wildman–Crippen MR) is 52.3 cm³/mol. The summed E-state index contributed by atoms with van der Waals surface area (Å²) in [4.78, 5) is 0. The fourth-order valence-electron chi connectivity index (χ4n) is 0.914. The van der Waals surface area contributed by atoms with E-state index < -0.39 is 10.1 Å².